The molecule has 0 saturated heterocycles. The molecule has 1 rings (SSSR count). The van der Waals surface area contributed by atoms with Gasteiger partial charge in [-0.15, -0.1) is 0 Å². The molecule has 114 valence electrons. The molecule has 1 aromatic carbocycles. The van der Waals surface area contributed by atoms with E-state index in [1.54, 1.807) is 0 Å². The zero-order valence-electron chi connectivity index (χ0n) is 13.3. The predicted octanol–water partition coefficient (Wildman–Crippen LogP) is 3.38. The SMILES string of the molecule is CCC(O)(CN)CCCOc1ccc(C(C)C)c(C)c1. The highest BCUT2D eigenvalue weighted by molar-refractivity contribution is 5.36. The van der Waals surface area contributed by atoms with Crippen molar-refractivity contribution in [1.82, 2.24) is 0 Å². The fraction of sp³-hybridized carbons (Fsp3) is 0.647. The van der Waals surface area contributed by atoms with E-state index in [9.17, 15) is 5.11 Å². The maximum atomic E-state index is 10.1. The molecule has 3 nitrogen and oxygen atoms in total. The van der Waals surface area contributed by atoms with Crippen LogP contribution in [0.2, 0.25) is 0 Å². The van der Waals surface area contributed by atoms with Gasteiger partial charge in [-0.3, -0.25) is 0 Å². The molecule has 0 amide bonds. The van der Waals surface area contributed by atoms with Crippen LogP contribution >= 0.6 is 0 Å². The lowest BCUT2D eigenvalue weighted by Crippen LogP contribution is -2.37. The van der Waals surface area contributed by atoms with E-state index in [1.807, 2.05) is 13.0 Å². The lowest BCUT2D eigenvalue weighted by Gasteiger charge is -2.24. The molecule has 1 unspecified atom stereocenters. The van der Waals surface area contributed by atoms with E-state index < -0.39 is 5.60 Å². The Hall–Kier alpha value is -1.06. The van der Waals surface area contributed by atoms with Gasteiger partial charge in [-0.25, -0.2) is 0 Å². The minimum atomic E-state index is -0.735. The van der Waals surface area contributed by atoms with Gasteiger partial charge in [0, 0.05) is 6.54 Å². The molecule has 0 spiro atoms. The van der Waals surface area contributed by atoms with Crippen LogP contribution in [0, 0.1) is 6.92 Å². The molecule has 20 heavy (non-hydrogen) atoms. The van der Waals surface area contributed by atoms with Gasteiger partial charge in [-0.1, -0.05) is 26.8 Å². The number of hydrogen-bond acceptors (Lipinski definition) is 3. The second kappa shape index (κ2) is 7.65. The van der Waals surface area contributed by atoms with Crippen LogP contribution < -0.4 is 10.5 Å². The molecule has 0 aliphatic carbocycles. The highest BCUT2D eigenvalue weighted by atomic mass is 16.5. The Morgan fingerprint density at radius 1 is 1.35 bits per heavy atom. The Balaban J connectivity index is 2.45. The van der Waals surface area contributed by atoms with Gasteiger partial charge in [0.2, 0.25) is 0 Å². The topological polar surface area (TPSA) is 55.5 Å². The zero-order valence-corrected chi connectivity index (χ0v) is 13.3. The summed E-state index contributed by atoms with van der Waals surface area (Å²) < 4.78 is 5.75. The van der Waals surface area contributed by atoms with Crippen molar-refractivity contribution in [3.05, 3.63) is 29.3 Å². The summed E-state index contributed by atoms with van der Waals surface area (Å²) in [6.07, 6.45) is 2.18. The highest BCUT2D eigenvalue weighted by Crippen LogP contribution is 2.24. The third-order valence-corrected chi connectivity index (χ3v) is 3.96. The van der Waals surface area contributed by atoms with Crippen molar-refractivity contribution in [3.63, 3.8) is 0 Å². The fourth-order valence-corrected chi connectivity index (χ4v) is 2.40. The van der Waals surface area contributed by atoms with Crippen LogP contribution in [0.5, 0.6) is 5.75 Å². The van der Waals surface area contributed by atoms with Gasteiger partial charge in [0.05, 0.1) is 12.2 Å². The molecule has 1 aromatic rings. The van der Waals surface area contributed by atoms with Crippen LogP contribution in [0.25, 0.3) is 0 Å². The van der Waals surface area contributed by atoms with Gasteiger partial charge in [0.15, 0.2) is 0 Å². The van der Waals surface area contributed by atoms with E-state index in [2.05, 4.69) is 32.9 Å². The normalized spacial score (nSPS) is 14.3. The lowest BCUT2D eigenvalue weighted by molar-refractivity contribution is 0.0309. The van der Waals surface area contributed by atoms with Gasteiger partial charge < -0.3 is 15.6 Å². The first-order chi connectivity index (χ1) is 9.41. The van der Waals surface area contributed by atoms with Crippen molar-refractivity contribution in [3.8, 4) is 5.75 Å². The van der Waals surface area contributed by atoms with Gasteiger partial charge in [-0.2, -0.15) is 0 Å². The summed E-state index contributed by atoms with van der Waals surface area (Å²) in [5, 5.41) is 10.1. The standard InChI is InChI=1S/C17H29NO2/c1-5-17(19,12-18)9-6-10-20-15-7-8-16(13(2)3)14(4)11-15/h7-8,11,13,19H,5-6,9-10,12,18H2,1-4H3. The maximum Gasteiger partial charge on any atom is 0.119 e. The van der Waals surface area contributed by atoms with E-state index in [4.69, 9.17) is 10.5 Å². The third kappa shape index (κ3) is 4.80. The van der Waals surface area contributed by atoms with Crippen molar-refractivity contribution in [2.75, 3.05) is 13.2 Å². The molecule has 3 N–H and O–H groups in total. The van der Waals surface area contributed by atoms with E-state index in [0.29, 0.717) is 31.9 Å². The lowest BCUT2D eigenvalue weighted by atomic mass is 9.95. The minimum absolute atomic E-state index is 0.311. The molecule has 0 saturated carbocycles. The van der Waals surface area contributed by atoms with Gasteiger partial charge >= 0.3 is 0 Å². The average Bonchev–Trinajstić information content (AvgIpc) is 2.43. The van der Waals surface area contributed by atoms with Crippen LogP contribution in [0.1, 0.15) is 57.1 Å². The molecule has 1 atom stereocenters. The fourth-order valence-electron chi connectivity index (χ4n) is 2.40. The molecule has 0 aliphatic rings. The summed E-state index contributed by atoms with van der Waals surface area (Å²) in [7, 11) is 0. The molecule has 0 heterocycles. The van der Waals surface area contributed by atoms with Gasteiger partial charge in [0.25, 0.3) is 0 Å². The second-order valence-corrected chi connectivity index (χ2v) is 5.91. The van der Waals surface area contributed by atoms with Crippen LogP contribution in [0.3, 0.4) is 0 Å². The molecule has 0 aromatic heterocycles. The van der Waals surface area contributed by atoms with E-state index in [0.717, 1.165) is 12.2 Å². The van der Waals surface area contributed by atoms with Crippen molar-refractivity contribution in [2.24, 2.45) is 5.73 Å². The minimum Gasteiger partial charge on any atom is -0.494 e. The third-order valence-electron chi connectivity index (χ3n) is 3.96. The number of nitrogens with two attached hydrogens (primary N) is 1. The summed E-state index contributed by atoms with van der Waals surface area (Å²) in [6, 6.07) is 6.25. The Bertz CT molecular complexity index is 411. The number of rotatable bonds is 8. The summed E-state index contributed by atoms with van der Waals surface area (Å²) in [6.45, 7) is 9.39. The summed E-state index contributed by atoms with van der Waals surface area (Å²) in [4.78, 5) is 0. The Labute approximate surface area is 123 Å². The predicted molar refractivity (Wildman–Crippen MR) is 84.3 cm³/mol. The number of aryl methyl sites for hydroxylation is 1. The Kier molecular flexibility index (Phi) is 6.50. The van der Waals surface area contributed by atoms with Crippen molar-refractivity contribution in [2.45, 2.75) is 58.5 Å². The number of benzene rings is 1. The summed E-state index contributed by atoms with van der Waals surface area (Å²) >= 11 is 0. The van der Waals surface area contributed by atoms with Crippen LogP contribution in [0.4, 0.5) is 0 Å². The zero-order chi connectivity index (χ0) is 15.2. The summed E-state index contributed by atoms with van der Waals surface area (Å²) in [5.74, 6) is 1.44. The quantitative estimate of drug-likeness (QED) is 0.717. The van der Waals surface area contributed by atoms with Crippen LogP contribution in [0.15, 0.2) is 18.2 Å². The highest BCUT2D eigenvalue weighted by Gasteiger charge is 2.21. The first-order valence-electron chi connectivity index (χ1n) is 7.57. The molecular weight excluding hydrogens is 250 g/mol. The number of ether oxygens (including phenoxy) is 1. The van der Waals surface area contributed by atoms with Crippen LogP contribution in [-0.2, 0) is 0 Å². The Morgan fingerprint density at radius 3 is 2.55 bits per heavy atom. The molecule has 3 heteroatoms. The monoisotopic (exact) mass is 279 g/mol. The number of hydrogen-bond donors (Lipinski definition) is 2. The molecule has 0 aliphatic heterocycles. The number of aliphatic hydroxyl groups is 1. The summed E-state index contributed by atoms with van der Waals surface area (Å²) in [5.41, 5.74) is 7.48. The molecular formula is C17H29NO2. The smallest absolute Gasteiger partial charge is 0.119 e. The molecule has 0 radical (unpaired) electrons. The molecule has 0 bridgehead atoms. The van der Waals surface area contributed by atoms with Crippen molar-refractivity contribution >= 4 is 0 Å². The van der Waals surface area contributed by atoms with Gasteiger partial charge in [-0.05, 0) is 55.4 Å². The first-order valence-corrected chi connectivity index (χ1v) is 7.57. The van der Waals surface area contributed by atoms with Crippen molar-refractivity contribution in [1.29, 1.82) is 0 Å². The van der Waals surface area contributed by atoms with Crippen molar-refractivity contribution < 1.29 is 9.84 Å². The second-order valence-electron chi connectivity index (χ2n) is 5.91. The van der Waals surface area contributed by atoms with E-state index in [1.165, 1.54) is 11.1 Å². The molecule has 0 fully saturated rings. The van der Waals surface area contributed by atoms with Gasteiger partial charge in [0.1, 0.15) is 5.75 Å². The van der Waals surface area contributed by atoms with E-state index >= 15 is 0 Å². The Morgan fingerprint density at radius 2 is 2.05 bits per heavy atom. The van der Waals surface area contributed by atoms with Crippen LogP contribution in [-0.4, -0.2) is 23.9 Å². The maximum absolute atomic E-state index is 10.1. The van der Waals surface area contributed by atoms with E-state index in [-0.39, 0.29) is 0 Å². The average molecular weight is 279 g/mol. The largest absolute Gasteiger partial charge is 0.494 e. The first kappa shape index (κ1) is 17.0.